The molecule has 14 heteroatoms. The van der Waals surface area contributed by atoms with Crippen molar-refractivity contribution in [1.29, 1.82) is 0 Å². The molecule has 5 aliphatic rings. The first-order valence-electron chi connectivity index (χ1n) is 18.2. The zero-order valence-electron chi connectivity index (χ0n) is 30.1. The molecule has 3 aromatic carbocycles. The van der Waals surface area contributed by atoms with Crippen LogP contribution in [0.1, 0.15) is 35.6 Å². The summed E-state index contributed by atoms with van der Waals surface area (Å²) in [5.74, 6) is -1.10. The van der Waals surface area contributed by atoms with Crippen molar-refractivity contribution in [3.8, 4) is 0 Å². The Morgan fingerprint density at radius 2 is 1.58 bits per heavy atom. The molecular weight excluding hydrogens is 697 g/mol. The number of carbonyl (C=O) groups excluding carboxylic acids is 4. The third-order valence-corrected chi connectivity index (χ3v) is 14.1. The predicted molar refractivity (Wildman–Crippen MR) is 197 cm³/mol. The second-order valence-electron chi connectivity index (χ2n) is 15.2. The minimum absolute atomic E-state index is 0.0822. The van der Waals surface area contributed by atoms with E-state index in [1.165, 1.54) is 4.90 Å². The molecular formula is C39H44N4O9Si. The van der Waals surface area contributed by atoms with Crippen LogP contribution in [-0.4, -0.2) is 92.2 Å². The van der Waals surface area contributed by atoms with Gasteiger partial charge in [0, 0.05) is 34.9 Å². The summed E-state index contributed by atoms with van der Waals surface area (Å²) in [6.45, 7) is 7.16. The Labute approximate surface area is 308 Å². The molecule has 0 aliphatic carbocycles. The Balaban J connectivity index is 1.17. The van der Waals surface area contributed by atoms with Crippen LogP contribution in [0, 0.1) is 5.92 Å². The number of hydrogen-bond acceptors (Lipinski definition) is 9. The Kier molecular flexibility index (Phi) is 8.83. The fourth-order valence-corrected chi connectivity index (χ4v) is 11.7. The quantitative estimate of drug-likeness (QED) is 0.323. The van der Waals surface area contributed by atoms with Crippen LogP contribution >= 0.6 is 0 Å². The fraction of sp³-hybridized carbons (Fsp3) is 0.436. The van der Waals surface area contributed by atoms with E-state index in [4.69, 9.17) is 14.2 Å². The average molecular weight is 741 g/mol. The highest BCUT2D eigenvalue weighted by molar-refractivity contribution is 6.71. The minimum atomic E-state index is -3.12. The van der Waals surface area contributed by atoms with E-state index >= 15 is 4.79 Å². The maximum atomic E-state index is 15.1. The van der Waals surface area contributed by atoms with Gasteiger partial charge in [-0.05, 0) is 66.5 Å². The summed E-state index contributed by atoms with van der Waals surface area (Å²) in [6, 6.07) is 20.3. The van der Waals surface area contributed by atoms with Gasteiger partial charge in [0.25, 0.3) is 5.91 Å². The van der Waals surface area contributed by atoms with E-state index in [1.54, 1.807) is 20.8 Å². The minimum Gasteiger partial charge on any atom is -0.447 e. The van der Waals surface area contributed by atoms with Crippen LogP contribution in [0.3, 0.4) is 0 Å². The van der Waals surface area contributed by atoms with E-state index in [0.717, 1.165) is 16.7 Å². The third kappa shape index (κ3) is 5.88. The van der Waals surface area contributed by atoms with Gasteiger partial charge in [-0.25, -0.2) is 9.59 Å². The molecule has 3 fully saturated rings. The first-order chi connectivity index (χ1) is 25.4. The van der Waals surface area contributed by atoms with E-state index in [1.807, 2.05) is 80.7 Å². The zero-order valence-corrected chi connectivity index (χ0v) is 31.1. The van der Waals surface area contributed by atoms with Gasteiger partial charge >= 0.3 is 12.2 Å². The van der Waals surface area contributed by atoms with Gasteiger partial charge in [0.2, 0.25) is 5.91 Å². The van der Waals surface area contributed by atoms with Crippen LogP contribution in [0.5, 0.6) is 0 Å². The molecule has 8 rings (SSSR count). The first kappa shape index (κ1) is 35.3. The number of rotatable bonds is 8. The van der Waals surface area contributed by atoms with Crippen LogP contribution < -0.4 is 14.7 Å². The number of nitrogens with zero attached hydrogens (tertiary/aromatic N) is 4. The van der Waals surface area contributed by atoms with Crippen LogP contribution in [-0.2, 0) is 48.9 Å². The van der Waals surface area contributed by atoms with Gasteiger partial charge in [-0.15, -0.1) is 0 Å². The standard InChI is InChI=1S/C39H44N4O9Si/c1-24-35(53(2,3)49)33(20-34(45)42-22-27-9-5-4-8-26(27)18-30(42)23-44)52-39(24)31-19-29(41-14-16-51-38(41)48)11-12-32(31)43(36(39)46)21-25-7-6-10-28(17-25)40-13-15-50-37(40)47/h4-12,17,19,24,30,33,35,44,49H,13-16,18,20-23H2,1-3H3/t24-,30+,33+,35-,39+/m1/s1. The van der Waals surface area contributed by atoms with E-state index in [-0.39, 0.29) is 38.0 Å². The summed E-state index contributed by atoms with van der Waals surface area (Å²) in [6.07, 6.45) is -1.27. The first-order valence-corrected chi connectivity index (χ1v) is 21.2. The Morgan fingerprint density at radius 1 is 0.906 bits per heavy atom. The SMILES string of the molecule is C[C@@H]1[C@@H]([Si](C)(C)O)[C@H](CC(=O)N2Cc3ccccc3C[C@H]2CO)O[C@@]12C(=O)N(Cc1cccc(N3CCOC3=O)c1)c1ccc(N3CCOC3=O)cc12. The molecule has 53 heavy (non-hydrogen) atoms. The Morgan fingerprint density at radius 3 is 2.23 bits per heavy atom. The summed E-state index contributed by atoms with van der Waals surface area (Å²) in [5.41, 5.74) is 3.18. The van der Waals surface area contributed by atoms with Crippen molar-refractivity contribution < 1.29 is 43.3 Å². The normalized spacial score (nSPS) is 26.7. The van der Waals surface area contributed by atoms with Crippen LogP contribution in [0.2, 0.25) is 18.6 Å². The molecule has 5 heterocycles. The van der Waals surface area contributed by atoms with E-state index in [0.29, 0.717) is 55.3 Å². The van der Waals surface area contributed by atoms with Gasteiger partial charge in [-0.2, -0.15) is 0 Å². The zero-order chi connectivity index (χ0) is 37.2. The molecule has 0 aromatic heterocycles. The molecule has 13 nitrogen and oxygen atoms in total. The van der Waals surface area contributed by atoms with Gasteiger partial charge < -0.3 is 33.9 Å². The molecule has 0 saturated carbocycles. The third-order valence-electron chi connectivity index (χ3n) is 11.6. The van der Waals surface area contributed by atoms with Crippen molar-refractivity contribution >= 4 is 49.4 Å². The van der Waals surface area contributed by atoms with Gasteiger partial charge in [0.15, 0.2) is 13.9 Å². The molecule has 4 amide bonds. The molecule has 0 unspecified atom stereocenters. The number of carbonyl (C=O) groups is 4. The van der Waals surface area contributed by atoms with Crippen LogP contribution in [0.25, 0.3) is 0 Å². The van der Waals surface area contributed by atoms with Crippen molar-refractivity contribution in [3.63, 3.8) is 0 Å². The van der Waals surface area contributed by atoms with Crippen molar-refractivity contribution in [2.24, 2.45) is 5.92 Å². The summed E-state index contributed by atoms with van der Waals surface area (Å²) in [7, 11) is -3.12. The smallest absolute Gasteiger partial charge is 0.414 e. The number of cyclic esters (lactones) is 2. The van der Waals surface area contributed by atoms with E-state index < -0.39 is 49.7 Å². The molecule has 3 aromatic rings. The highest BCUT2D eigenvalue weighted by atomic mass is 28.4. The highest BCUT2D eigenvalue weighted by Gasteiger charge is 2.66. The maximum Gasteiger partial charge on any atom is 0.414 e. The second-order valence-corrected chi connectivity index (χ2v) is 19.2. The molecule has 0 bridgehead atoms. The van der Waals surface area contributed by atoms with Crippen LogP contribution in [0.15, 0.2) is 66.7 Å². The number of ether oxygens (including phenoxy) is 3. The van der Waals surface area contributed by atoms with Crippen molar-refractivity contribution in [3.05, 3.63) is 89.0 Å². The largest absolute Gasteiger partial charge is 0.447 e. The Hall–Kier alpha value is -4.76. The molecule has 278 valence electrons. The van der Waals surface area contributed by atoms with Gasteiger partial charge in [-0.1, -0.05) is 43.3 Å². The topological polar surface area (TPSA) is 149 Å². The number of fused-ring (bicyclic) bond motifs is 3. The average Bonchev–Trinajstić information content (AvgIpc) is 3.89. The van der Waals surface area contributed by atoms with Crippen molar-refractivity contribution in [1.82, 2.24) is 4.90 Å². The van der Waals surface area contributed by atoms with Crippen molar-refractivity contribution in [2.75, 3.05) is 47.6 Å². The molecule has 0 radical (unpaired) electrons. The van der Waals surface area contributed by atoms with Crippen molar-refractivity contribution in [2.45, 2.75) is 69.2 Å². The monoisotopic (exact) mass is 740 g/mol. The van der Waals surface area contributed by atoms with Gasteiger partial charge in [-0.3, -0.25) is 19.4 Å². The second kappa shape index (κ2) is 13.3. The summed E-state index contributed by atoms with van der Waals surface area (Å²) < 4.78 is 17.4. The predicted octanol–water partition coefficient (Wildman–Crippen LogP) is 4.28. The fourth-order valence-electron chi connectivity index (χ4n) is 9.18. The molecule has 5 aliphatic heterocycles. The summed E-state index contributed by atoms with van der Waals surface area (Å²) >= 11 is 0. The van der Waals surface area contributed by atoms with Crippen LogP contribution in [0.4, 0.5) is 26.7 Å². The number of anilines is 3. The lowest BCUT2D eigenvalue weighted by Gasteiger charge is -2.37. The lowest BCUT2D eigenvalue weighted by atomic mass is 9.82. The number of amides is 4. The van der Waals surface area contributed by atoms with Gasteiger partial charge in [0.05, 0.1) is 50.5 Å². The Bertz CT molecular complexity index is 1990. The highest BCUT2D eigenvalue weighted by Crippen LogP contribution is 2.60. The van der Waals surface area contributed by atoms with Gasteiger partial charge in [0.1, 0.15) is 13.2 Å². The lowest BCUT2D eigenvalue weighted by Crippen LogP contribution is -2.48. The number of hydrogen-bond donors (Lipinski definition) is 2. The summed E-state index contributed by atoms with van der Waals surface area (Å²) in [5, 5.41) is 10.3. The number of aliphatic hydroxyl groups is 1. The van der Waals surface area contributed by atoms with E-state index in [2.05, 4.69) is 0 Å². The molecule has 3 saturated heterocycles. The lowest BCUT2D eigenvalue weighted by molar-refractivity contribution is -0.151. The number of aliphatic hydroxyl groups excluding tert-OH is 1. The molecule has 2 N–H and O–H groups in total. The molecule has 5 atom stereocenters. The number of benzene rings is 3. The maximum absolute atomic E-state index is 15.1. The summed E-state index contributed by atoms with van der Waals surface area (Å²) in [4.78, 5) is 72.7. The molecule has 1 spiro atoms. The van der Waals surface area contributed by atoms with E-state index in [9.17, 15) is 24.3 Å².